The maximum atomic E-state index is 13.0. The van der Waals surface area contributed by atoms with Crippen LogP contribution in [0.4, 0.5) is 11.4 Å². The molecule has 0 aliphatic carbocycles. The molecule has 7 nitrogen and oxygen atoms in total. The van der Waals surface area contributed by atoms with E-state index >= 15 is 0 Å². The lowest BCUT2D eigenvalue weighted by molar-refractivity contribution is -0.384. The lowest BCUT2D eigenvalue weighted by Crippen LogP contribution is -2.30. The van der Waals surface area contributed by atoms with Crippen molar-refractivity contribution in [3.63, 3.8) is 0 Å². The second kappa shape index (κ2) is 6.21. The van der Waals surface area contributed by atoms with Crippen LogP contribution in [0.3, 0.4) is 0 Å². The summed E-state index contributed by atoms with van der Waals surface area (Å²) in [5.74, 6) is 0.0547. The van der Waals surface area contributed by atoms with Crippen molar-refractivity contribution in [2.75, 3.05) is 17.4 Å². The minimum Gasteiger partial charge on any atom is -0.330 e. The molecule has 1 aliphatic rings. The van der Waals surface area contributed by atoms with Gasteiger partial charge in [-0.2, -0.15) is 0 Å². The summed E-state index contributed by atoms with van der Waals surface area (Å²) in [6.07, 6.45) is 0.698. The number of nitrogens with two attached hydrogens (primary N) is 1. The fourth-order valence-electron chi connectivity index (χ4n) is 3.00. The van der Waals surface area contributed by atoms with Crippen molar-refractivity contribution in [3.05, 3.63) is 64.2 Å². The first-order chi connectivity index (χ1) is 11.4. The van der Waals surface area contributed by atoms with Crippen LogP contribution in [0.2, 0.25) is 0 Å². The van der Waals surface area contributed by atoms with Crippen LogP contribution in [0.15, 0.2) is 53.4 Å². The Morgan fingerprint density at radius 2 is 1.83 bits per heavy atom. The van der Waals surface area contributed by atoms with Gasteiger partial charge in [0.05, 0.1) is 15.5 Å². The highest BCUT2D eigenvalue weighted by atomic mass is 32.2. The molecule has 1 unspecified atom stereocenters. The standard InChI is InChI=1S/C16H17N3O4S/c17-10-9-12-11-18(16-4-2-1-3-15(12)16)24(22,23)14-7-5-13(6-8-14)19(20)21/h1-8,12H,9-11,17H2. The maximum Gasteiger partial charge on any atom is 0.269 e. The number of benzene rings is 2. The number of nitro groups is 1. The molecule has 0 saturated heterocycles. The lowest BCUT2D eigenvalue weighted by atomic mass is 9.98. The molecule has 24 heavy (non-hydrogen) atoms. The van der Waals surface area contributed by atoms with Gasteiger partial charge in [0.1, 0.15) is 0 Å². The molecular formula is C16H17N3O4S. The Morgan fingerprint density at radius 3 is 2.46 bits per heavy atom. The summed E-state index contributed by atoms with van der Waals surface area (Å²) in [7, 11) is -3.78. The summed E-state index contributed by atoms with van der Waals surface area (Å²) >= 11 is 0. The van der Waals surface area contributed by atoms with Crippen LogP contribution in [0, 0.1) is 10.1 Å². The first-order valence-electron chi connectivity index (χ1n) is 7.51. The third-order valence-corrected chi connectivity index (χ3v) is 5.98. The molecule has 2 aromatic carbocycles. The largest absolute Gasteiger partial charge is 0.330 e. The highest BCUT2D eigenvalue weighted by molar-refractivity contribution is 7.92. The van der Waals surface area contributed by atoms with Crippen molar-refractivity contribution < 1.29 is 13.3 Å². The normalized spacial score (nSPS) is 16.9. The number of rotatable bonds is 5. The predicted octanol–water partition coefficient (Wildman–Crippen LogP) is 2.24. The summed E-state index contributed by atoms with van der Waals surface area (Å²) < 4.78 is 27.3. The van der Waals surface area contributed by atoms with Gasteiger partial charge in [0.2, 0.25) is 0 Å². The van der Waals surface area contributed by atoms with E-state index in [1.807, 2.05) is 12.1 Å². The number of hydrogen-bond acceptors (Lipinski definition) is 5. The first-order valence-corrected chi connectivity index (χ1v) is 8.95. The fourth-order valence-corrected chi connectivity index (χ4v) is 4.54. The van der Waals surface area contributed by atoms with Gasteiger partial charge in [-0.25, -0.2) is 8.42 Å². The zero-order valence-corrected chi connectivity index (χ0v) is 13.6. The number of fused-ring (bicyclic) bond motifs is 1. The topological polar surface area (TPSA) is 107 Å². The van der Waals surface area contributed by atoms with Crippen molar-refractivity contribution in [2.45, 2.75) is 17.2 Å². The Kier molecular flexibility index (Phi) is 4.25. The van der Waals surface area contributed by atoms with Gasteiger partial charge in [-0.3, -0.25) is 14.4 Å². The van der Waals surface area contributed by atoms with Crippen molar-refractivity contribution in [3.8, 4) is 0 Å². The average molecular weight is 347 g/mol. The molecule has 0 radical (unpaired) electrons. The maximum absolute atomic E-state index is 13.0. The average Bonchev–Trinajstić information content (AvgIpc) is 2.95. The number of non-ortho nitro benzene ring substituents is 1. The summed E-state index contributed by atoms with van der Waals surface area (Å²) in [5.41, 5.74) is 7.12. The molecule has 2 aromatic rings. The van der Waals surface area contributed by atoms with Crippen molar-refractivity contribution in [1.29, 1.82) is 0 Å². The Morgan fingerprint density at radius 1 is 1.17 bits per heavy atom. The molecule has 8 heteroatoms. The van der Waals surface area contributed by atoms with E-state index in [0.29, 0.717) is 25.2 Å². The molecule has 1 aliphatic heterocycles. The van der Waals surface area contributed by atoms with Crippen molar-refractivity contribution >= 4 is 21.4 Å². The second-order valence-electron chi connectivity index (χ2n) is 5.62. The Bertz CT molecular complexity index is 865. The number of sulfonamides is 1. The minimum absolute atomic E-state index is 0.0382. The number of nitrogens with zero attached hydrogens (tertiary/aromatic N) is 2. The molecule has 126 valence electrons. The van der Waals surface area contributed by atoms with Gasteiger partial charge < -0.3 is 5.73 Å². The van der Waals surface area contributed by atoms with Crippen LogP contribution in [0.25, 0.3) is 0 Å². The summed E-state index contributed by atoms with van der Waals surface area (Å²) in [5, 5.41) is 10.7. The van der Waals surface area contributed by atoms with E-state index in [-0.39, 0.29) is 16.5 Å². The minimum atomic E-state index is -3.78. The van der Waals surface area contributed by atoms with Crippen LogP contribution in [0.5, 0.6) is 0 Å². The molecule has 1 heterocycles. The van der Waals surface area contributed by atoms with E-state index < -0.39 is 14.9 Å². The fraction of sp³-hybridized carbons (Fsp3) is 0.250. The van der Waals surface area contributed by atoms with Gasteiger partial charge in [0.25, 0.3) is 15.7 Å². The molecule has 0 bridgehead atoms. The summed E-state index contributed by atoms with van der Waals surface area (Å²) in [6, 6.07) is 12.3. The number of anilines is 1. The second-order valence-corrected chi connectivity index (χ2v) is 7.48. The molecule has 1 atom stereocenters. The molecule has 0 fully saturated rings. The SMILES string of the molecule is NCCC1CN(S(=O)(=O)c2ccc([N+](=O)[O-])cc2)c2ccccc21. The quantitative estimate of drug-likeness (QED) is 0.659. The molecule has 0 amide bonds. The molecule has 0 aromatic heterocycles. The van der Waals surface area contributed by atoms with Crippen LogP contribution >= 0.6 is 0 Å². The summed E-state index contributed by atoms with van der Waals surface area (Å²) in [6.45, 7) is 0.806. The number of para-hydroxylation sites is 1. The van der Waals surface area contributed by atoms with Gasteiger partial charge >= 0.3 is 0 Å². The van der Waals surface area contributed by atoms with Crippen LogP contribution in [0.1, 0.15) is 17.9 Å². The zero-order chi connectivity index (χ0) is 17.3. The van der Waals surface area contributed by atoms with Gasteiger partial charge in [-0.15, -0.1) is 0 Å². The highest BCUT2D eigenvalue weighted by Crippen LogP contribution is 2.40. The zero-order valence-electron chi connectivity index (χ0n) is 12.8. The van der Waals surface area contributed by atoms with Crippen LogP contribution < -0.4 is 10.0 Å². The van der Waals surface area contributed by atoms with Gasteiger partial charge in [0.15, 0.2) is 0 Å². The predicted molar refractivity (Wildman–Crippen MR) is 90.5 cm³/mol. The van der Waals surface area contributed by atoms with Crippen molar-refractivity contribution in [2.24, 2.45) is 5.73 Å². The Labute approximate surface area is 139 Å². The van der Waals surface area contributed by atoms with E-state index in [9.17, 15) is 18.5 Å². The van der Waals surface area contributed by atoms with Crippen LogP contribution in [-0.4, -0.2) is 26.4 Å². The van der Waals surface area contributed by atoms with Gasteiger partial charge in [-0.05, 0) is 36.7 Å². The number of hydrogen-bond donors (Lipinski definition) is 1. The van der Waals surface area contributed by atoms with E-state index in [1.165, 1.54) is 28.6 Å². The van der Waals surface area contributed by atoms with E-state index in [1.54, 1.807) is 12.1 Å². The Balaban J connectivity index is 2.00. The lowest BCUT2D eigenvalue weighted by Gasteiger charge is -2.20. The smallest absolute Gasteiger partial charge is 0.269 e. The first kappa shape index (κ1) is 16.4. The van der Waals surface area contributed by atoms with E-state index in [4.69, 9.17) is 5.73 Å². The third-order valence-electron chi connectivity index (χ3n) is 4.18. The van der Waals surface area contributed by atoms with Crippen LogP contribution in [-0.2, 0) is 10.0 Å². The van der Waals surface area contributed by atoms with Gasteiger partial charge in [0, 0.05) is 24.6 Å². The van der Waals surface area contributed by atoms with Gasteiger partial charge in [-0.1, -0.05) is 18.2 Å². The highest BCUT2D eigenvalue weighted by Gasteiger charge is 2.36. The monoisotopic (exact) mass is 347 g/mol. The molecular weight excluding hydrogens is 330 g/mol. The van der Waals surface area contributed by atoms with E-state index in [0.717, 1.165) is 5.56 Å². The molecule has 2 N–H and O–H groups in total. The third kappa shape index (κ3) is 2.74. The molecule has 0 spiro atoms. The Hall–Kier alpha value is -2.45. The number of nitro benzene ring substituents is 1. The molecule has 3 rings (SSSR count). The van der Waals surface area contributed by atoms with Crippen molar-refractivity contribution in [1.82, 2.24) is 0 Å². The summed E-state index contributed by atoms with van der Waals surface area (Å²) in [4.78, 5) is 10.2. The van der Waals surface area contributed by atoms with E-state index in [2.05, 4.69) is 0 Å². The molecule has 0 saturated carbocycles.